The molecule has 0 spiro atoms. The van der Waals surface area contributed by atoms with Crippen molar-refractivity contribution in [3.05, 3.63) is 121 Å². The van der Waals surface area contributed by atoms with Crippen LogP contribution in [-0.4, -0.2) is 17.4 Å². The van der Waals surface area contributed by atoms with E-state index in [1.165, 1.54) is 6.26 Å². The van der Waals surface area contributed by atoms with Gasteiger partial charge in [-0.05, 0) is 24.1 Å². The lowest BCUT2D eigenvalue weighted by atomic mass is 10.1. The van der Waals surface area contributed by atoms with Crippen LogP contribution in [0.4, 0.5) is 0 Å². The highest BCUT2D eigenvalue weighted by Gasteiger charge is 2.42. The predicted octanol–water partition coefficient (Wildman–Crippen LogP) is 5.30. The lowest BCUT2D eigenvalue weighted by molar-refractivity contribution is 0.0921. The maximum absolute atomic E-state index is 14.9. The zero-order chi connectivity index (χ0) is 22.2. The first kappa shape index (κ1) is 22.3. The third-order valence-electron chi connectivity index (χ3n) is 5.62. The van der Waals surface area contributed by atoms with Crippen LogP contribution in [0.2, 0.25) is 0 Å². The summed E-state index contributed by atoms with van der Waals surface area (Å²) in [7, 11) is -3.23. The Kier molecular flexibility index (Phi) is 7.39. The van der Waals surface area contributed by atoms with Gasteiger partial charge >= 0.3 is 0 Å². The van der Waals surface area contributed by atoms with E-state index in [4.69, 9.17) is 9.15 Å². The lowest BCUT2D eigenvalue weighted by Gasteiger charge is -2.31. The van der Waals surface area contributed by atoms with Crippen molar-refractivity contribution in [3.8, 4) is 0 Å². The van der Waals surface area contributed by atoms with Crippen LogP contribution in [0.5, 0.6) is 0 Å². The van der Waals surface area contributed by atoms with E-state index in [1.54, 1.807) is 12.1 Å². The van der Waals surface area contributed by atoms with Gasteiger partial charge in [0.25, 0.3) is 0 Å². The molecule has 0 aliphatic rings. The number of hydrogen-bond acceptors (Lipinski definition) is 4. The van der Waals surface area contributed by atoms with Gasteiger partial charge in [-0.1, -0.05) is 91.0 Å². The fraction of sp³-hybridized carbons (Fsp3) is 0.185. The van der Waals surface area contributed by atoms with Gasteiger partial charge in [-0.2, -0.15) is 0 Å². The molecule has 4 aromatic rings. The van der Waals surface area contributed by atoms with Gasteiger partial charge in [0.1, 0.15) is 19.0 Å². The van der Waals surface area contributed by atoms with Crippen LogP contribution in [0.25, 0.3) is 0 Å². The molecule has 0 saturated heterocycles. The molecule has 32 heavy (non-hydrogen) atoms. The van der Waals surface area contributed by atoms with Gasteiger partial charge in [0.15, 0.2) is 0 Å². The number of hydrogen-bond donors (Lipinski definition) is 1. The summed E-state index contributed by atoms with van der Waals surface area (Å²) in [6, 6.07) is 32.2. The van der Waals surface area contributed by atoms with Crippen LogP contribution < -0.4 is 10.6 Å². The highest BCUT2D eigenvalue weighted by atomic mass is 31.2. The molecule has 0 bridgehead atoms. The summed E-state index contributed by atoms with van der Waals surface area (Å²) >= 11 is 0. The molecular formula is C27H27O4P. The normalized spacial score (nSPS) is 13.5. The van der Waals surface area contributed by atoms with E-state index < -0.39 is 18.9 Å². The topological polar surface area (TPSA) is 59.7 Å². The van der Waals surface area contributed by atoms with Crippen molar-refractivity contribution in [1.29, 1.82) is 0 Å². The Balaban J connectivity index is 1.66. The number of rotatable bonds is 10. The first-order chi connectivity index (χ1) is 15.7. The molecule has 0 aliphatic heterocycles. The molecule has 0 unspecified atom stereocenters. The monoisotopic (exact) mass is 446 g/mol. The third kappa shape index (κ3) is 4.94. The van der Waals surface area contributed by atoms with E-state index in [0.717, 1.165) is 5.56 Å². The largest absolute Gasteiger partial charge is 0.467 e. The minimum atomic E-state index is -3.23. The Hall–Kier alpha value is -2.91. The van der Waals surface area contributed by atoms with E-state index in [2.05, 4.69) is 0 Å². The van der Waals surface area contributed by atoms with Crippen molar-refractivity contribution in [1.82, 2.24) is 0 Å². The summed E-state index contributed by atoms with van der Waals surface area (Å²) in [4.78, 5) is 0. The van der Waals surface area contributed by atoms with E-state index >= 15 is 0 Å². The average Bonchev–Trinajstić information content (AvgIpc) is 3.40. The van der Waals surface area contributed by atoms with E-state index in [0.29, 0.717) is 36.0 Å². The molecule has 0 aliphatic carbocycles. The Bertz CT molecular complexity index is 1070. The number of benzene rings is 3. The van der Waals surface area contributed by atoms with Crippen molar-refractivity contribution in [2.45, 2.75) is 24.8 Å². The first-order valence-corrected chi connectivity index (χ1v) is 12.5. The van der Waals surface area contributed by atoms with Crippen LogP contribution >= 0.6 is 7.14 Å². The minimum absolute atomic E-state index is 0.362. The molecule has 4 rings (SSSR count). The molecule has 1 aromatic heterocycles. The molecule has 4 nitrogen and oxygen atoms in total. The van der Waals surface area contributed by atoms with Crippen molar-refractivity contribution in [3.63, 3.8) is 0 Å². The van der Waals surface area contributed by atoms with E-state index in [-0.39, 0.29) is 0 Å². The maximum atomic E-state index is 14.9. The van der Waals surface area contributed by atoms with Crippen LogP contribution in [0.1, 0.15) is 23.8 Å². The smallest absolute Gasteiger partial charge is 0.149 e. The molecule has 0 amide bonds. The second kappa shape index (κ2) is 10.6. The Morgan fingerprint density at radius 2 is 1.34 bits per heavy atom. The SMILES string of the molecule is O=P(c1ccccc1)(c1ccccc1)[C@@H](CCOCc1ccccc1)[C@H](O)c1ccco1. The molecule has 2 atom stereocenters. The van der Waals surface area contributed by atoms with Gasteiger partial charge in [0.05, 0.1) is 18.5 Å². The summed E-state index contributed by atoms with van der Waals surface area (Å²) in [5, 5.41) is 12.7. The van der Waals surface area contributed by atoms with E-state index in [9.17, 15) is 9.67 Å². The number of aliphatic hydroxyl groups is 1. The van der Waals surface area contributed by atoms with Gasteiger partial charge in [0.2, 0.25) is 0 Å². The number of aliphatic hydroxyl groups excluding tert-OH is 1. The molecule has 0 fully saturated rings. The van der Waals surface area contributed by atoms with Crippen LogP contribution in [0, 0.1) is 0 Å². The molecular weight excluding hydrogens is 419 g/mol. The first-order valence-electron chi connectivity index (χ1n) is 10.7. The fourth-order valence-electron chi connectivity index (χ4n) is 3.99. The zero-order valence-electron chi connectivity index (χ0n) is 17.8. The Morgan fingerprint density at radius 1 is 0.781 bits per heavy atom. The summed E-state index contributed by atoms with van der Waals surface area (Å²) in [6.07, 6.45) is 0.907. The van der Waals surface area contributed by atoms with Gasteiger partial charge in [-0.15, -0.1) is 0 Å². The summed E-state index contributed by atoms with van der Waals surface area (Å²) in [5.41, 5.74) is 0.471. The summed E-state index contributed by atoms with van der Waals surface area (Å²) < 4.78 is 26.3. The molecule has 1 heterocycles. The average molecular weight is 446 g/mol. The van der Waals surface area contributed by atoms with Gasteiger partial charge in [0, 0.05) is 17.2 Å². The zero-order valence-corrected chi connectivity index (χ0v) is 18.7. The van der Waals surface area contributed by atoms with Gasteiger partial charge < -0.3 is 18.8 Å². The standard InChI is InChI=1S/C27H27O4P/c28-27(25-17-10-19-31-25)26(18-20-30-21-22-11-4-1-5-12-22)32(29,23-13-6-2-7-14-23)24-15-8-3-9-16-24/h1-17,19,26-28H,18,20-21H2/t26-,27+/m0/s1. The molecule has 5 heteroatoms. The Labute approximate surface area is 188 Å². The van der Waals surface area contributed by atoms with Gasteiger partial charge in [-0.3, -0.25) is 0 Å². The highest BCUT2D eigenvalue weighted by molar-refractivity contribution is 7.79. The highest BCUT2D eigenvalue weighted by Crippen LogP contribution is 2.54. The molecule has 3 aromatic carbocycles. The maximum Gasteiger partial charge on any atom is 0.149 e. The number of ether oxygens (including phenoxy) is 1. The molecule has 0 saturated carbocycles. The minimum Gasteiger partial charge on any atom is -0.467 e. The molecule has 0 radical (unpaired) electrons. The second-order valence-electron chi connectivity index (χ2n) is 7.68. The van der Waals surface area contributed by atoms with Crippen molar-refractivity contribution < 1.29 is 18.8 Å². The number of furan rings is 1. The van der Waals surface area contributed by atoms with Crippen molar-refractivity contribution >= 4 is 17.8 Å². The summed E-state index contributed by atoms with van der Waals surface area (Å²) in [5.74, 6) is 0.408. The van der Waals surface area contributed by atoms with Crippen LogP contribution in [0.15, 0.2) is 114 Å². The molecule has 164 valence electrons. The van der Waals surface area contributed by atoms with Crippen LogP contribution in [-0.2, 0) is 15.9 Å². The quantitative estimate of drug-likeness (QED) is 0.265. The van der Waals surface area contributed by atoms with Crippen LogP contribution in [0.3, 0.4) is 0 Å². The third-order valence-corrected chi connectivity index (χ3v) is 9.22. The predicted molar refractivity (Wildman–Crippen MR) is 128 cm³/mol. The Morgan fingerprint density at radius 3 is 1.88 bits per heavy atom. The second-order valence-corrected chi connectivity index (χ2v) is 10.7. The fourth-order valence-corrected chi connectivity index (χ4v) is 7.29. The summed E-state index contributed by atoms with van der Waals surface area (Å²) in [6.45, 7) is 0.826. The van der Waals surface area contributed by atoms with Crippen molar-refractivity contribution in [2.24, 2.45) is 0 Å². The lowest BCUT2D eigenvalue weighted by Crippen LogP contribution is -2.31. The van der Waals surface area contributed by atoms with Crippen molar-refractivity contribution in [2.75, 3.05) is 6.61 Å². The van der Waals surface area contributed by atoms with E-state index in [1.807, 2.05) is 91.0 Å². The van der Waals surface area contributed by atoms with Gasteiger partial charge in [-0.25, -0.2) is 0 Å². The molecule has 1 N–H and O–H groups in total.